The fraction of sp³-hybridized carbons (Fsp3) is 0.500. The number of esters is 2. The van der Waals surface area contributed by atoms with Gasteiger partial charge in [-0.25, -0.2) is 9.59 Å². The summed E-state index contributed by atoms with van der Waals surface area (Å²) in [6.07, 6.45) is 8.93. The second-order valence-electron chi connectivity index (χ2n) is 6.76. The number of aliphatic hydroxyl groups is 1. The molecule has 0 bridgehead atoms. The Morgan fingerprint density at radius 3 is 2.68 bits per heavy atom. The normalized spacial score (nSPS) is 25.0. The number of hydrogen-bond acceptors (Lipinski definition) is 5. The molecule has 5 nitrogen and oxygen atoms in total. The van der Waals surface area contributed by atoms with Crippen LogP contribution in [0, 0.1) is 0 Å². The van der Waals surface area contributed by atoms with E-state index in [1.54, 1.807) is 18.2 Å². The van der Waals surface area contributed by atoms with E-state index >= 15 is 0 Å². The zero-order valence-electron chi connectivity index (χ0n) is 15.1. The van der Waals surface area contributed by atoms with Gasteiger partial charge < -0.3 is 14.6 Å². The van der Waals surface area contributed by atoms with Crippen molar-refractivity contribution in [3.8, 4) is 0 Å². The lowest BCUT2D eigenvalue weighted by molar-refractivity contribution is -0.138. The van der Waals surface area contributed by atoms with Gasteiger partial charge in [-0.2, -0.15) is 0 Å². The van der Waals surface area contributed by atoms with Gasteiger partial charge in [-0.1, -0.05) is 23.3 Å². The highest BCUT2D eigenvalue weighted by atomic mass is 16.6. The number of aliphatic hydroxyl groups excluding tert-OH is 1. The van der Waals surface area contributed by atoms with Crippen LogP contribution in [0.1, 0.15) is 46.5 Å². The maximum absolute atomic E-state index is 11.9. The van der Waals surface area contributed by atoms with Crippen molar-refractivity contribution in [3.63, 3.8) is 0 Å². The van der Waals surface area contributed by atoms with Crippen molar-refractivity contribution in [1.82, 2.24) is 0 Å². The predicted octanol–water partition coefficient (Wildman–Crippen LogP) is 3.16. The minimum atomic E-state index is -0.890. The highest BCUT2D eigenvalue weighted by molar-refractivity contribution is 5.92. The number of hydrogen-bond donors (Lipinski definition) is 1. The van der Waals surface area contributed by atoms with Crippen molar-refractivity contribution in [1.29, 1.82) is 0 Å². The van der Waals surface area contributed by atoms with E-state index in [9.17, 15) is 14.7 Å². The third-order valence-corrected chi connectivity index (χ3v) is 4.19. The first-order valence-electron chi connectivity index (χ1n) is 8.62. The number of ether oxygens (including phenoxy) is 2. The Kier molecular flexibility index (Phi) is 6.76. The lowest BCUT2D eigenvalue weighted by atomic mass is 10.0. The Bertz CT molecular complexity index is 647. The average Bonchev–Trinajstić information content (AvgIpc) is 3.05. The van der Waals surface area contributed by atoms with Gasteiger partial charge in [-0.3, -0.25) is 0 Å². The second-order valence-corrected chi connectivity index (χ2v) is 6.76. The highest BCUT2D eigenvalue weighted by Crippen LogP contribution is 2.24. The average molecular weight is 346 g/mol. The van der Waals surface area contributed by atoms with Crippen LogP contribution in [0.15, 0.2) is 46.6 Å². The lowest BCUT2D eigenvalue weighted by Crippen LogP contribution is -2.19. The molecule has 0 aromatic rings. The van der Waals surface area contributed by atoms with E-state index in [0.717, 1.165) is 30.4 Å². The quantitative estimate of drug-likeness (QED) is 0.435. The second kappa shape index (κ2) is 8.81. The molecule has 0 saturated carbocycles. The molecule has 2 heterocycles. The van der Waals surface area contributed by atoms with Gasteiger partial charge in [0.25, 0.3) is 0 Å². The molecule has 2 atom stereocenters. The van der Waals surface area contributed by atoms with E-state index in [2.05, 4.69) is 6.08 Å². The van der Waals surface area contributed by atoms with Crippen molar-refractivity contribution in [3.05, 3.63) is 46.6 Å². The van der Waals surface area contributed by atoms with Gasteiger partial charge in [0.05, 0.1) is 5.57 Å². The first-order chi connectivity index (χ1) is 11.9. The first kappa shape index (κ1) is 19.2. The Balaban J connectivity index is 1.80. The van der Waals surface area contributed by atoms with E-state index in [1.165, 1.54) is 5.57 Å². The zero-order chi connectivity index (χ0) is 18.4. The molecule has 25 heavy (non-hydrogen) atoms. The summed E-state index contributed by atoms with van der Waals surface area (Å²) in [6, 6.07) is 0. The summed E-state index contributed by atoms with van der Waals surface area (Å²) in [5.74, 6) is -0.690. The van der Waals surface area contributed by atoms with Gasteiger partial charge in [0.2, 0.25) is 0 Å². The summed E-state index contributed by atoms with van der Waals surface area (Å²) in [6.45, 7) is 6.25. The van der Waals surface area contributed by atoms with E-state index in [0.29, 0.717) is 18.6 Å². The molecular weight excluding hydrogens is 320 g/mol. The van der Waals surface area contributed by atoms with Gasteiger partial charge in [0.1, 0.15) is 12.7 Å². The Labute approximate surface area is 148 Å². The Hall–Kier alpha value is -2.14. The summed E-state index contributed by atoms with van der Waals surface area (Å²) in [4.78, 5) is 22.8. The summed E-state index contributed by atoms with van der Waals surface area (Å²) in [7, 11) is 0. The molecule has 0 spiro atoms. The fourth-order valence-corrected chi connectivity index (χ4v) is 2.83. The number of carbonyl (C=O) groups is 2. The third-order valence-electron chi connectivity index (χ3n) is 4.19. The molecule has 2 aliphatic heterocycles. The number of cyclic esters (lactones) is 2. The SMILES string of the molecule is CC(C)=C[C@@H]1OC(=O)C(=CCCC(C)=CCCC2=CC(=O)OC2)[C@@H]1O. The van der Waals surface area contributed by atoms with Crippen molar-refractivity contribution < 1.29 is 24.2 Å². The summed E-state index contributed by atoms with van der Waals surface area (Å²) in [5.41, 5.74) is 3.59. The van der Waals surface area contributed by atoms with Crippen LogP contribution in [0.2, 0.25) is 0 Å². The molecule has 5 heteroatoms. The van der Waals surface area contributed by atoms with Gasteiger partial charge in [0.15, 0.2) is 6.10 Å². The molecule has 0 radical (unpaired) electrons. The topological polar surface area (TPSA) is 72.8 Å². The maximum atomic E-state index is 11.9. The van der Waals surface area contributed by atoms with Crippen LogP contribution in [-0.4, -0.2) is 35.9 Å². The molecule has 0 amide bonds. The van der Waals surface area contributed by atoms with Crippen molar-refractivity contribution in [2.45, 2.75) is 58.7 Å². The van der Waals surface area contributed by atoms with Gasteiger partial charge in [-0.15, -0.1) is 0 Å². The molecule has 0 aromatic carbocycles. The van der Waals surface area contributed by atoms with Gasteiger partial charge in [0, 0.05) is 6.08 Å². The molecule has 0 unspecified atom stereocenters. The molecule has 1 saturated heterocycles. The van der Waals surface area contributed by atoms with Crippen LogP contribution in [0.4, 0.5) is 0 Å². The van der Waals surface area contributed by atoms with Crippen molar-refractivity contribution >= 4 is 11.9 Å². The lowest BCUT2D eigenvalue weighted by Gasteiger charge is -2.08. The molecule has 2 aliphatic rings. The maximum Gasteiger partial charge on any atom is 0.337 e. The van der Waals surface area contributed by atoms with Crippen LogP contribution >= 0.6 is 0 Å². The van der Waals surface area contributed by atoms with Crippen molar-refractivity contribution in [2.75, 3.05) is 6.61 Å². The van der Waals surface area contributed by atoms with E-state index < -0.39 is 18.2 Å². The molecule has 2 rings (SSSR count). The van der Waals surface area contributed by atoms with Crippen LogP contribution in [-0.2, 0) is 19.1 Å². The summed E-state index contributed by atoms with van der Waals surface area (Å²) >= 11 is 0. The Morgan fingerprint density at radius 2 is 2.04 bits per heavy atom. The van der Waals surface area contributed by atoms with Crippen LogP contribution in [0.25, 0.3) is 0 Å². The minimum Gasteiger partial charge on any atom is -0.458 e. The van der Waals surface area contributed by atoms with E-state index in [4.69, 9.17) is 9.47 Å². The highest BCUT2D eigenvalue weighted by Gasteiger charge is 2.36. The summed E-state index contributed by atoms with van der Waals surface area (Å²) in [5, 5.41) is 10.2. The third kappa shape index (κ3) is 5.71. The monoisotopic (exact) mass is 346 g/mol. The van der Waals surface area contributed by atoms with E-state index in [-0.39, 0.29) is 5.97 Å². The predicted molar refractivity (Wildman–Crippen MR) is 94.7 cm³/mol. The van der Waals surface area contributed by atoms with Crippen molar-refractivity contribution in [2.24, 2.45) is 0 Å². The molecular formula is C20H26O5. The van der Waals surface area contributed by atoms with Gasteiger partial charge >= 0.3 is 11.9 Å². The number of rotatable bonds is 7. The molecule has 1 fully saturated rings. The largest absolute Gasteiger partial charge is 0.458 e. The van der Waals surface area contributed by atoms with Crippen LogP contribution in [0.5, 0.6) is 0 Å². The molecule has 136 valence electrons. The minimum absolute atomic E-state index is 0.254. The summed E-state index contributed by atoms with van der Waals surface area (Å²) < 4.78 is 10.1. The molecule has 0 aromatic heterocycles. The smallest absolute Gasteiger partial charge is 0.337 e. The van der Waals surface area contributed by atoms with Crippen LogP contribution < -0.4 is 0 Å². The number of allylic oxidation sites excluding steroid dienone is 4. The standard InChI is InChI=1S/C20H26O5/c1-13(2)10-17-19(22)16(20(23)25-17)9-5-7-14(3)6-4-8-15-11-18(21)24-12-15/h6,9-11,17,19,22H,4-5,7-8,12H2,1-3H3/t17-,19-/m0/s1. The van der Waals surface area contributed by atoms with Gasteiger partial charge in [-0.05, 0) is 58.1 Å². The number of carbonyl (C=O) groups excluding carboxylic acids is 2. The first-order valence-corrected chi connectivity index (χ1v) is 8.62. The fourth-order valence-electron chi connectivity index (χ4n) is 2.83. The Morgan fingerprint density at radius 1 is 1.28 bits per heavy atom. The van der Waals surface area contributed by atoms with E-state index in [1.807, 2.05) is 20.8 Å². The van der Waals surface area contributed by atoms with Crippen LogP contribution in [0.3, 0.4) is 0 Å². The zero-order valence-corrected chi connectivity index (χ0v) is 15.1. The molecule has 1 N–H and O–H groups in total. The molecule has 0 aliphatic carbocycles.